The van der Waals surface area contributed by atoms with Gasteiger partial charge in [0, 0.05) is 5.46 Å². The fraction of sp³-hybridized carbons (Fsp3) is 0.571. The van der Waals surface area contributed by atoms with Crippen LogP contribution in [-0.4, -0.2) is 35.9 Å². The summed E-state index contributed by atoms with van der Waals surface area (Å²) in [6.07, 6.45) is 0. The molecule has 0 amide bonds. The number of hydrogen-bond acceptors (Lipinski definition) is 6. The molecule has 1 aromatic rings. The number of esters is 1. The smallest absolute Gasteiger partial charge is 0.461 e. The van der Waals surface area contributed by atoms with E-state index in [1.54, 1.807) is 19.1 Å². The average Bonchev–Trinajstić information content (AvgIpc) is 2.58. The second-order valence-electron chi connectivity index (χ2n) is 5.98. The maximum Gasteiger partial charge on any atom is 0.497 e. The first-order chi connectivity index (χ1) is 9.68. The number of nitrogens with two attached hydrogens (primary N) is 1. The van der Waals surface area contributed by atoms with E-state index in [4.69, 9.17) is 19.8 Å². The number of aromatic nitrogens is 1. The molecule has 0 unspecified atom stereocenters. The summed E-state index contributed by atoms with van der Waals surface area (Å²) in [6, 6.07) is 3.31. The SMILES string of the molecule is CCOC(=O)c1nc(N)ccc1B1OC(C)(C)C(C)(C)O1. The molecule has 0 atom stereocenters. The summed E-state index contributed by atoms with van der Waals surface area (Å²) in [5, 5.41) is 0. The lowest BCUT2D eigenvalue weighted by molar-refractivity contribution is 0.00578. The third-order valence-corrected chi connectivity index (χ3v) is 3.92. The third kappa shape index (κ3) is 2.89. The molecular formula is C14H21BN2O4. The Kier molecular flexibility index (Phi) is 3.99. The van der Waals surface area contributed by atoms with Gasteiger partial charge in [-0.3, -0.25) is 0 Å². The van der Waals surface area contributed by atoms with Gasteiger partial charge < -0.3 is 19.8 Å². The van der Waals surface area contributed by atoms with Crippen LogP contribution in [0.5, 0.6) is 0 Å². The van der Waals surface area contributed by atoms with Crippen molar-refractivity contribution in [3.8, 4) is 0 Å². The minimum atomic E-state index is -0.678. The number of hydrogen-bond donors (Lipinski definition) is 1. The van der Waals surface area contributed by atoms with Crippen molar-refractivity contribution in [1.82, 2.24) is 4.98 Å². The van der Waals surface area contributed by atoms with E-state index in [0.29, 0.717) is 5.46 Å². The quantitative estimate of drug-likeness (QED) is 0.664. The van der Waals surface area contributed by atoms with Crippen LogP contribution < -0.4 is 11.2 Å². The predicted octanol–water partition coefficient (Wildman–Crippen LogP) is 1.14. The normalized spacial score (nSPS) is 19.6. The Morgan fingerprint density at radius 2 is 1.86 bits per heavy atom. The Hall–Kier alpha value is -1.60. The summed E-state index contributed by atoms with van der Waals surface area (Å²) in [5.41, 5.74) is 5.34. The minimum Gasteiger partial charge on any atom is -0.461 e. The molecule has 0 aromatic carbocycles. The molecule has 1 aliphatic heterocycles. The van der Waals surface area contributed by atoms with Crippen molar-refractivity contribution in [2.75, 3.05) is 12.3 Å². The van der Waals surface area contributed by atoms with Gasteiger partial charge in [-0.05, 0) is 40.7 Å². The summed E-state index contributed by atoms with van der Waals surface area (Å²) in [7, 11) is -0.678. The fourth-order valence-electron chi connectivity index (χ4n) is 2.01. The van der Waals surface area contributed by atoms with Crippen molar-refractivity contribution in [1.29, 1.82) is 0 Å². The Morgan fingerprint density at radius 3 is 2.38 bits per heavy atom. The van der Waals surface area contributed by atoms with Crippen LogP contribution in [0, 0.1) is 0 Å². The van der Waals surface area contributed by atoms with E-state index in [2.05, 4.69) is 4.98 Å². The van der Waals surface area contributed by atoms with Crippen molar-refractivity contribution in [2.24, 2.45) is 0 Å². The maximum absolute atomic E-state index is 12.0. The molecule has 0 saturated carbocycles. The molecule has 1 fully saturated rings. The molecule has 0 spiro atoms. The molecule has 2 rings (SSSR count). The molecule has 1 aromatic heterocycles. The zero-order valence-corrected chi connectivity index (χ0v) is 13.1. The van der Waals surface area contributed by atoms with E-state index in [-0.39, 0.29) is 18.1 Å². The molecule has 6 nitrogen and oxygen atoms in total. The summed E-state index contributed by atoms with van der Waals surface area (Å²) in [4.78, 5) is 16.1. The van der Waals surface area contributed by atoms with E-state index in [1.807, 2.05) is 27.7 Å². The molecule has 21 heavy (non-hydrogen) atoms. The van der Waals surface area contributed by atoms with Crippen molar-refractivity contribution < 1.29 is 18.8 Å². The van der Waals surface area contributed by atoms with Crippen LogP contribution in [0.2, 0.25) is 0 Å². The lowest BCUT2D eigenvalue weighted by Gasteiger charge is -2.32. The summed E-state index contributed by atoms with van der Waals surface area (Å²) >= 11 is 0. The van der Waals surface area contributed by atoms with Crippen LogP contribution in [0.1, 0.15) is 45.1 Å². The molecule has 2 N–H and O–H groups in total. The maximum atomic E-state index is 12.0. The van der Waals surface area contributed by atoms with Gasteiger partial charge in [-0.1, -0.05) is 6.07 Å². The topological polar surface area (TPSA) is 83.7 Å². The van der Waals surface area contributed by atoms with Gasteiger partial charge >= 0.3 is 13.1 Å². The van der Waals surface area contributed by atoms with Crippen LogP contribution in [0.3, 0.4) is 0 Å². The van der Waals surface area contributed by atoms with Gasteiger partial charge in [0.25, 0.3) is 0 Å². The molecule has 1 aliphatic rings. The molecule has 0 bridgehead atoms. The van der Waals surface area contributed by atoms with Gasteiger partial charge in [-0.15, -0.1) is 0 Å². The number of pyridine rings is 1. The van der Waals surface area contributed by atoms with E-state index in [9.17, 15) is 4.79 Å². The zero-order chi connectivity index (χ0) is 15.8. The molecule has 114 valence electrons. The van der Waals surface area contributed by atoms with Gasteiger partial charge in [-0.25, -0.2) is 9.78 Å². The van der Waals surface area contributed by atoms with Crippen molar-refractivity contribution >= 4 is 24.4 Å². The van der Waals surface area contributed by atoms with Gasteiger partial charge in [0.05, 0.1) is 17.8 Å². The van der Waals surface area contributed by atoms with E-state index in [1.165, 1.54) is 0 Å². The predicted molar refractivity (Wildman–Crippen MR) is 80.3 cm³/mol. The highest BCUT2D eigenvalue weighted by Gasteiger charge is 2.52. The van der Waals surface area contributed by atoms with Crippen LogP contribution in [-0.2, 0) is 14.0 Å². The van der Waals surface area contributed by atoms with Crippen LogP contribution in [0.4, 0.5) is 5.82 Å². The molecule has 0 aliphatic carbocycles. The first-order valence-electron chi connectivity index (χ1n) is 6.97. The lowest BCUT2D eigenvalue weighted by atomic mass is 9.77. The van der Waals surface area contributed by atoms with Gasteiger partial charge in [0.1, 0.15) is 5.82 Å². The highest BCUT2D eigenvalue weighted by atomic mass is 16.7. The van der Waals surface area contributed by atoms with E-state index in [0.717, 1.165) is 0 Å². The number of ether oxygens (including phenoxy) is 1. The number of nitrogens with zero attached hydrogens (tertiary/aromatic N) is 1. The largest absolute Gasteiger partial charge is 0.497 e. The van der Waals surface area contributed by atoms with Crippen molar-refractivity contribution in [3.05, 3.63) is 17.8 Å². The Bertz CT molecular complexity index is 544. The van der Waals surface area contributed by atoms with Crippen molar-refractivity contribution in [2.45, 2.75) is 45.8 Å². The summed E-state index contributed by atoms with van der Waals surface area (Å²) in [6.45, 7) is 9.78. The number of anilines is 1. The highest BCUT2D eigenvalue weighted by Crippen LogP contribution is 2.36. The Balaban J connectivity index is 2.39. The Labute approximate surface area is 125 Å². The fourth-order valence-corrected chi connectivity index (χ4v) is 2.01. The number of carbonyl (C=O) groups is 1. The van der Waals surface area contributed by atoms with Gasteiger partial charge in [-0.2, -0.15) is 0 Å². The van der Waals surface area contributed by atoms with Gasteiger partial charge in [0.15, 0.2) is 5.69 Å². The van der Waals surface area contributed by atoms with Crippen LogP contribution in [0.25, 0.3) is 0 Å². The average molecular weight is 292 g/mol. The summed E-state index contributed by atoms with van der Waals surface area (Å²) < 4.78 is 16.9. The summed E-state index contributed by atoms with van der Waals surface area (Å²) in [5.74, 6) is -0.284. The first kappa shape index (κ1) is 15.8. The van der Waals surface area contributed by atoms with E-state index >= 15 is 0 Å². The highest BCUT2D eigenvalue weighted by molar-refractivity contribution is 6.63. The Morgan fingerprint density at radius 1 is 1.29 bits per heavy atom. The van der Waals surface area contributed by atoms with Gasteiger partial charge in [0.2, 0.25) is 0 Å². The first-order valence-corrected chi connectivity index (χ1v) is 6.97. The standard InChI is InChI=1S/C14H21BN2O4/c1-6-19-12(18)11-9(7-8-10(16)17-11)15-20-13(2,3)14(4,5)21-15/h7-8H,6H2,1-5H3,(H2,16,17). The number of rotatable bonds is 3. The van der Waals surface area contributed by atoms with E-state index < -0.39 is 24.3 Å². The number of carbonyl (C=O) groups excluding carboxylic acids is 1. The molecule has 2 heterocycles. The van der Waals surface area contributed by atoms with Crippen LogP contribution in [0.15, 0.2) is 12.1 Å². The molecule has 7 heteroatoms. The molecular weight excluding hydrogens is 271 g/mol. The third-order valence-electron chi connectivity index (χ3n) is 3.92. The number of nitrogen functional groups attached to an aromatic ring is 1. The lowest BCUT2D eigenvalue weighted by Crippen LogP contribution is -2.41. The zero-order valence-electron chi connectivity index (χ0n) is 13.1. The minimum absolute atomic E-state index is 0.135. The monoisotopic (exact) mass is 292 g/mol. The molecule has 1 saturated heterocycles. The van der Waals surface area contributed by atoms with Crippen LogP contribution >= 0.6 is 0 Å². The van der Waals surface area contributed by atoms with Crippen molar-refractivity contribution in [3.63, 3.8) is 0 Å². The second-order valence-corrected chi connectivity index (χ2v) is 5.98. The second kappa shape index (κ2) is 5.31. The molecule has 0 radical (unpaired) electrons.